The van der Waals surface area contributed by atoms with Crippen molar-refractivity contribution in [3.05, 3.63) is 158 Å². The predicted molar refractivity (Wildman–Crippen MR) is 311 cm³/mol. The molecule has 0 N–H and O–H groups in total. The summed E-state index contributed by atoms with van der Waals surface area (Å²) in [5.74, 6) is -1.01. The van der Waals surface area contributed by atoms with Gasteiger partial charge in [-0.05, 0) is 122 Å². The number of carbonyl (C=O) groups excluding carboxylic acids is 3. The van der Waals surface area contributed by atoms with Gasteiger partial charge in [0.2, 0.25) is 0 Å². The first kappa shape index (κ1) is 67.0. The topological polar surface area (TPSA) is 78.9 Å². The van der Waals surface area contributed by atoms with Crippen LogP contribution in [0.4, 0.5) is 0 Å². The summed E-state index contributed by atoms with van der Waals surface area (Å²) in [6, 6.07) is 0. The number of rotatable bonds is 49. The lowest BCUT2D eigenvalue weighted by Crippen LogP contribution is -2.30. The van der Waals surface area contributed by atoms with Gasteiger partial charge >= 0.3 is 17.9 Å². The molecular formula is C66H102O6. The lowest BCUT2D eigenvalue weighted by Gasteiger charge is -2.18. The number of hydrogen-bond donors (Lipinski definition) is 0. The lowest BCUT2D eigenvalue weighted by atomic mass is 10.1. The molecule has 0 aliphatic heterocycles. The Labute approximate surface area is 441 Å². The summed E-state index contributed by atoms with van der Waals surface area (Å²) in [6.45, 7) is 6.29. The maximum atomic E-state index is 12.8. The third-order valence-corrected chi connectivity index (χ3v) is 11.3. The molecule has 0 aromatic rings. The molecule has 6 heteroatoms. The van der Waals surface area contributed by atoms with Gasteiger partial charge in [0.15, 0.2) is 6.10 Å². The van der Waals surface area contributed by atoms with E-state index in [0.717, 1.165) is 141 Å². The van der Waals surface area contributed by atoms with E-state index in [-0.39, 0.29) is 37.5 Å². The van der Waals surface area contributed by atoms with Crippen LogP contribution in [0.15, 0.2) is 158 Å². The molecule has 0 fully saturated rings. The fourth-order valence-electron chi connectivity index (χ4n) is 7.08. The zero-order valence-corrected chi connectivity index (χ0v) is 45.9. The van der Waals surface area contributed by atoms with Gasteiger partial charge in [-0.15, -0.1) is 0 Å². The highest BCUT2D eigenvalue weighted by Crippen LogP contribution is 2.12. The van der Waals surface area contributed by atoms with E-state index < -0.39 is 6.10 Å². The second-order valence-corrected chi connectivity index (χ2v) is 18.1. The van der Waals surface area contributed by atoms with Crippen molar-refractivity contribution in [1.82, 2.24) is 0 Å². The first-order valence-electron chi connectivity index (χ1n) is 28.5. The van der Waals surface area contributed by atoms with E-state index >= 15 is 0 Å². The summed E-state index contributed by atoms with van der Waals surface area (Å²) in [5.41, 5.74) is 0. The summed E-state index contributed by atoms with van der Waals surface area (Å²) >= 11 is 0. The predicted octanol–water partition coefficient (Wildman–Crippen LogP) is 19.4. The van der Waals surface area contributed by atoms with Crippen LogP contribution in [0.3, 0.4) is 0 Å². The Balaban J connectivity index is 4.38. The summed E-state index contributed by atoms with van der Waals surface area (Å²) in [5, 5.41) is 0. The molecule has 0 saturated carbocycles. The van der Waals surface area contributed by atoms with Crippen LogP contribution in [0.1, 0.15) is 220 Å². The fraction of sp³-hybridized carbons (Fsp3) is 0.561. The molecule has 0 bridgehead atoms. The Hall–Kier alpha value is -4.97. The van der Waals surface area contributed by atoms with Crippen LogP contribution in [0.25, 0.3) is 0 Å². The number of esters is 3. The van der Waals surface area contributed by atoms with Crippen molar-refractivity contribution >= 4 is 17.9 Å². The van der Waals surface area contributed by atoms with Crippen molar-refractivity contribution in [2.45, 2.75) is 226 Å². The average molecular weight is 992 g/mol. The highest BCUT2D eigenvalue weighted by molar-refractivity contribution is 5.71. The molecule has 0 aliphatic rings. The molecule has 0 heterocycles. The minimum Gasteiger partial charge on any atom is -0.462 e. The molecule has 0 aromatic heterocycles. The quantitative estimate of drug-likeness (QED) is 0.0262. The molecule has 6 nitrogen and oxygen atoms in total. The maximum absolute atomic E-state index is 12.8. The molecule has 0 amide bonds. The summed E-state index contributed by atoms with van der Waals surface area (Å²) in [4.78, 5) is 37.9. The van der Waals surface area contributed by atoms with Gasteiger partial charge in [-0.1, -0.05) is 237 Å². The van der Waals surface area contributed by atoms with Gasteiger partial charge in [0.25, 0.3) is 0 Å². The largest absolute Gasteiger partial charge is 0.462 e. The van der Waals surface area contributed by atoms with Crippen molar-refractivity contribution in [2.75, 3.05) is 13.2 Å². The van der Waals surface area contributed by atoms with Gasteiger partial charge < -0.3 is 14.2 Å². The summed E-state index contributed by atoms with van der Waals surface area (Å²) in [7, 11) is 0. The minimum absolute atomic E-state index is 0.115. The molecular weight excluding hydrogens is 889 g/mol. The average Bonchev–Trinajstić information content (AvgIpc) is 3.38. The minimum atomic E-state index is -0.823. The van der Waals surface area contributed by atoms with E-state index in [4.69, 9.17) is 14.2 Å². The van der Waals surface area contributed by atoms with Gasteiger partial charge in [-0.3, -0.25) is 14.4 Å². The molecule has 0 aliphatic carbocycles. The maximum Gasteiger partial charge on any atom is 0.306 e. The van der Waals surface area contributed by atoms with Crippen molar-refractivity contribution in [1.29, 1.82) is 0 Å². The molecule has 0 radical (unpaired) electrons. The smallest absolute Gasteiger partial charge is 0.306 e. The van der Waals surface area contributed by atoms with E-state index in [1.165, 1.54) is 32.1 Å². The molecule has 0 rings (SSSR count). The fourth-order valence-corrected chi connectivity index (χ4v) is 7.08. The van der Waals surface area contributed by atoms with E-state index in [0.29, 0.717) is 19.3 Å². The number of carbonyl (C=O) groups is 3. The molecule has 0 aromatic carbocycles. The highest BCUT2D eigenvalue weighted by Gasteiger charge is 2.19. The Kier molecular flexibility index (Phi) is 54.6. The van der Waals surface area contributed by atoms with Gasteiger partial charge in [0.05, 0.1) is 0 Å². The van der Waals surface area contributed by atoms with Crippen LogP contribution in [-0.4, -0.2) is 37.2 Å². The van der Waals surface area contributed by atoms with E-state index in [1.54, 1.807) is 0 Å². The van der Waals surface area contributed by atoms with Crippen molar-refractivity contribution < 1.29 is 28.6 Å². The van der Waals surface area contributed by atoms with Gasteiger partial charge in [0.1, 0.15) is 13.2 Å². The molecule has 402 valence electrons. The first-order chi connectivity index (χ1) is 35.5. The van der Waals surface area contributed by atoms with Crippen molar-refractivity contribution in [3.8, 4) is 0 Å². The van der Waals surface area contributed by atoms with Crippen LogP contribution in [0, 0.1) is 0 Å². The zero-order valence-electron chi connectivity index (χ0n) is 45.9. The summed E-state index contributed by atoms with van der Waals surface area (Å²) < 4.78 is 16.7. The van der Waals surface area contributed by atoms with E-state index in [1.807, 2.05) is 0 Å². The van der Waals surface area contributed by atoms with Crippen LogP contribution in [0.2, 0.25) is 0 Å². The molecule has 1 unspecified atom stereocenters. The standard InChI is InChI=1S/C66H102O6/c1-4-7-10-13-16-19-21-23-25-27-28-29-30-31-32-33-34-35-36-37-38-40-41-43-45-47-50-53-56-59-65(68)71-62-63(61-70-64(67)58-55-52-49-18-15-12-9-6-3)72-66(69)60-57-54-51-48-46-44-42-39-26-24-22-20-17-14-11-8-5-2/h7-8,10-11,16-17,19-20,23-26,28-29,31-32,34-35,37-38,41-44,48,51,63H,4-6,9,12-15,18,21-22,27,30,33,36,39-40,45-47,49-50,52-62H2,1-3H3/b10-7-,11-8-,19-16-,20-17-,25-23-,26-24-,29-28-,32-31-,35-34-,38-37-,43-41-,44-42-,51-48-. The molecule has 0 saturated heterocycles. The molecule has 72 heavy (non-hydrogen) atoms. The van der Waals surface area contributed by atoms with Crippen molar-refractivity contribution in [2.24, 2.45) is 0 Å². The van der Waals surface area contributed by atoms with E-state index in [2.05, 4.69) is 179 Å². The first-order valence-corrected chi connectivity index (χ1v) is 28.5. The second kappa shape index (κ2) is 58.6. The van der Waals surface area contributed by atoms with Gasteiger partial charge in [-0.25, -0.2) is 0 Å². The third kappa shape index (κ3) is 56.0. The third-order valence-electron chi connectivity index (χ3n) is 11.3. The Morgan fingerprint density at radius 2 is 0.556 bits per heavy atom. The zero-order chi connectivity index (χ0) is 52.2. The lowest BCUT2D eigenvalue weighted by molar-refractivity contribution is -0.167. The second-order valence-electron chi connectivity index (χ2n) is 18.1. The Morgan fingerprint density at radius 1 is 0.292 bits per heavy atom. The number of ether oxygens (including phenoxy) is 3. The highest BCUT2D eigenvalue weighted by atomic mass is 16.6. The van der Waals surface area contributed by atoms with Gasteiger partial charge in [-0.2, -0.15) is 0 Å². The van der Waals surface area contributed by atoms with E-state index in [9.17, 15) is 14.4 Å². The normalized spacial score (nSPS) is 13.3. The van der Waals surface area contributed by atoms with Crippen LogP contribution in [-0.2, 0) is 28.6 Å². The van der Waals surface area contributed by atoms with Crippen LogP contribution in [0.5, 0.6) is 0 Å². The van der Waals surface area contributed by atoms with Crippen molar-refractivity contribution in [3.63, 3.8) is 0 Å². The SMILES string of the molecule is CC/C=C\C/C=C\C/C=C\C/C=C\C/C=C\C/C=C\C/C=C\C/C=C\CCCCCCC(=O)OCC(COC(=O)CCCCCCCCCC)OC(=O)CCC/C=C\C/C=C\C/C=C\C/C=C\C/C=C\CC. The molecule has 1 atom stereocenters. The number of hydrogen-bond acceptors (Lipinski definition) is 6. The summed E-state index contributed by atoms with van der Waals surface area (Å²) in [6.07, 6.45) is 85.4. The van der Waals surface area contributed by atoms with Gasteiger partial charge in [0, 0.05) is 19.3 Å². The Morgan fingerprint density at radius 3 is 0.889 bits per heavy atom. The van der Waals surface area contributed by atoms with Crippen LogP contribution >= 0.6 is 0 Å². The Bertz CT molecular complexity index is 1660. The number of unbranched alkanes of at least 4 members (excludes halogenated alkanes) is 12. The monoisotopic (exact) mass is 991 g/mol. The molecule has 0 spiro atoms. The number of allylic oxidation sites excluding steroid dienone is 26. The van der Waals surface area contributed by atoms with Crippen LogP contribution < -0.4 is 0 Å².